The van der Waals surface area contributed by atoms with Gasteiger partial charge in [0.25, 0.3) is 0 Å². The molecule has 1 atom stereocenters. The number of methoxy groups -OCH3 is 1. The van der Waals surface area contributed by atoms with Crippen molar-refractivity contribution in [3.8, 4) is 5.75 Å². The van der Waals surface area contributed by atoms with Crippen LogP contribution < -0.4 is 4.74 Å². The van der Waals surface area contributed by atoms with Crippen LogP contribution in [0.3, 0.4) is 0 Å². The van der Waals surface area contributed by atoms with Crippen molar-refractivity contribution in [2.45, 2.75) is 29.4 Å². The van der Waals surface area contributed by atoms with Crippen molar-refractivity contribution in [2.24, 2.45) is 0 Å². The quantitative estimate of drug-likeness (QED) is 0.786. The highest BCUT2D eigenvalue weighted by atomic mass is 32.2. The molecule has 0 spiro atoms. The van der Waals surface area contributed by atoms with Gasteiger partial charge in [0.05, 0.1) is 12.4 Å². The molecule has 0 aromatic heterocycles. The third kappa shape index (κ3) is 2.53. The summed E-state index contributed by atoms with van der Waals surface area (Å²) < 4.78 is 5.08. The van der Waals surface area contributed by atoms with Gasteiger partial charge in [0, 0.05) is 11.3 Å². The summed E-state index contributed by atoms with van der Waals surface area (Å²) in [4.78, 5) is 12.6. The number of carbonyl (C=O) groups excluding carboxylic acids is 1. The third-order valence-electron chi connectivity index (χ3n) is 2.59. The molecule has 15 heavy (non-hydrogen) atoms. The average molecular weight is 222 g/mol. The zero-order valence-electron chi connectivity index (χ0n) is 8.73. The zero-order chi connectivity index (χ0) is 10.7. The van der Waals surface area contributed by atoms with Gasteiger partial charge in [0.1, 0.15) is 11.5 Å². The minimum Gasteiger partial charge on any atom is -0.497 e. The van der Waals surface area contributed by atoms with Gasteiger partial charge in [0.2, 0.25) is 0 Å². The summed E-state index contributed by atoms with van der Waals surface area (Å²) >= 11 is 1.67. The first-order valence-corrected chi connectivity index (χ1v) is 6.01. The molecule has 0 heterocycles. The van der Waals surface area contributed by atoms with Gasteiger partial charge in [-0.1, -0.05) is 0 Å². The predicted octanol–water partition coefficient (Wildman–Crippen LogP) is 2.91. The molecule has 2 nitrogen and oxygen atoms in total. The first kappa shape index (κ1) is 10.6. The van der Waals surface area contributed by atoms with Crippen molar-refractivity contribution < 1.29 is 9.53 Å². The average Bonchev–Trinajstić information content (AvgIpc) is 2.66. The van der Waals surface area contributed by atoms with E-state index in [9.17, 15) is 4.79 Å². The molecule has 1 saturated carbocycles. The maximum absolute atomic E-state index is 11.5. The molecule has 3 heteroatoms. The summed E-state index contributed by atoms with van der Waals surface area (Å²) in [6.45, 7) is 0. The van der Waals surface area contributed by atoms with Crippen molar-refractivity contribution >= 4 is 17.5 Å². The van der Waals surface area contributed by atoms with Crippen LogP contribution in [0.5, 0.6) is 5.75 Å². The summed E-state index contributed by atoms with van der Waals surface area (Å²) in [7, 11) is 1.66. The standard InChI is InChI=1S/C12H14O2S/c1-14-9-5-7-10(8-6-9)15-12-4-2-3-11(12)13/h5-8,12H,2-4H2,1H3. The van der Waals surface area contributed by atoms with Crippen LogP contribution in [0.25, 0.3) is 0 Å². The zero-order valence-corrected chi connectivity index (χ0v) is 9.55. The highest BCUT2D eigenvalue weighted by molar-refractivity contribution is 8.00. The van der Waals surface area contributed by atoms with Crippen molar-refractivity contribution in [3.05, 3.63) is 24.3 Å². The number of ketones is 1. The second kappa shape index (κ2) is 4.71. The van der Waals surface area contributed by atoms with Crippen molar-refractivity contribution in [2.75, 3.05) is 7.11 Å². The van der Waals surface area contributed by atoms with E-state index in [0.29, 0.717) is 5.78 Å². The Hall–Kier alpha value is -0.960. The van der Waals surface area contributed by atoms with Gasteiger partial charge in [-0.3, -0.25) is 4.79 Å². The molecule has 0 N–H and O–H groups in total. The first-order chi connectivity index (χ1) is 7.29. The lowest BCUT2D eigenvalue weighted by Gasteiger charge is -2.07. The second-order valence-electron chi connectivity index (χ2n) is 3.64. The third-order valence-corrected chi connectivity index (χ3v) is 3.91. The van der Waals surface area contributed by atoms with Gasteiger partial charge in [0.15, 0.2) is 0 Å². The Labute approximate surface area is 94.0 Å². The molecule has 2 rings (SSSR count). The SMILES string of the molecule is COc1ccc(SC2CCCC2=O)cc1. The normalized spacial score (nSPS) is 20.6. The van der Waals surface area contributed by atoms with Gasteiger partial charge >= 0.3 is 0 Å². The van der Waals surface area contributed by atoms with Crippen LogP contribution in [-0.2, 0) is 4.79 Å². The number of carbonyl (C=O) groups is 1. The Balaban J connectivity index is 2.01. The van der Waals surface area contributed by atoms with Gasteiger partial charge in [-0.15, -0.1) is 11.8 Å². The lowest BCUT2D eigenvalue weighted by Crippen LogP contribution is -2.07. The Morgan fingerprint density at radius 2 is 2.07 bits per heavy atom. The fourth-order valence-electron chi connectivity index (χ4n) is 1.73. The Morgan fingerprint density at radius 3 is 2.60 bits per heavy atom. The number of benzene rings is 1. The lowest BCUT2D eigenvalue weighted by molar-refractivity contribution is -0.116. The van der Waals surface area contributed by atoms with Crippen LogP contribution in [0.4, 0.5) is 0 Å². The number of hydrogen-bond acceptors (Lipinski definition) is 3. The van der Waals surface area contributed by atoms with Gasteiger partial charge < -0.3 is 4.74 Å². The minimum absolute atomic E-state index is 0.179. The molecule has 1 unspecified atom stereocenters. The molecular formula is C12H14O2S. The van der Waals surface area contributed by atoms with Crippen molar-refractivity contribution in [1.82, 2.24) is 0 Å². The molecule has 0 amide bonds. The monoisotopic (exact) mass is 222 g/mol. The summed E-state index contributed by atoms with van der Waals surface area (Å²) in [5.74, 6) is 1.26. The van der Waals surface area contributed by atoms with E-state index in [0.717, 1.165) is 29.9 Å². The maximum Gasteiger partial charge on any atom is 0.146 e. The summed E-state index contributed by atoms with van der Waals surface area (Å²) in [5.41, 5.74) is 0. The topological polar surface area (TPSA) is 26.3 Å². The van der Waals surface area contributed by atoms with Gasteiger partial charge in [-0.25, -0.2) is 0 Å². The fourth-order valence-corrected chi connectivity index (χ4v) is 2.88. The highest BCUT2D eigenvalue weighted by Gasteiger charge is 2.24. The predicted molar refractivity (Wildman–Crippen MR) is 61.5 cm³/mol. The van der Waals surface area contributed by atoms with E-state index in [2.05, 4.69) is 0 Å². The first-order valence-electron chi connectivity index (χ1n) is 5.13. The minimum atomic E-state index is 0.179. The van der Waals surface area contributed by atoms with Crippen molar-refractivity contribution in [1.29, 1.82) is 0 Å². The Bertz CT molecular complexity index is 345. The number of ether oxygens (including phenoxy) is 1. The molecule has 0 aliphatic heterocycles. The van der Waals surface area contributed by atoms with E-state index in [-0.39, 0.29) is 5.25 Å². The Morgan fingerprint density at radius 1 is 1.33 bits per heavy atom. The van der Waals surface area contributed by atoms with Crippen LogP contribution in [0.15, 0.2) is 29.2 Å². The lowest BCUT2D eigenvalue weighted by atomic mass is 10.3. The second-order valence-corrected chi connectivity index (χ2v) is 4.92. The van der Waals surface area contributed by atoms with Crippen molar-refractivity contribution in [3.63, 3.8) is 0 Å². The highest BCUT2D eigenvalue weighted by Crippen LogP contribution is 2.33. The summed E-state index contributed by atoms with van der Waals surface area (Å²) in [6.07, 6.45) is 2.83. The number of thioether (sulfide) groups is 1. The molecule has 0 radical (unpaired) electrons. The maximum atomic E-state index is 11.5. The van der Waals surface area contributed by atoms with Crippen LogP contribution in [-0.4, -0.2) is 18.1 Å². The molecule has 1 aromatic rings. The fraction of sp³-hybridized carbons (Fsp3) is 0.417. The van der Waals surface area contributed by atoms with E-state index in [1.54, 1.807) is 18.9 Å². The molecule has 0 saturated heterocycles. The molecule has 80 valence electrons. The number of rotatable bonds is 3. The Kier molecular flexibility index (Phi) is 3.31. The van der Waals surface area contributed by atoms with E-state index in [1.165, 1.54) is 0 Å². The van der Waals surface area contributed by atoms with Gasteiger partial charge in [-0.2, -0.15) is 0 Å². The summed E-state index contributed by atoms with van der Waals surface area (Å²) in [5, 5.41) is 0.179. The number of Topliss-reactive ketones (excluding diaryl/α,β-unsaturated/α-hetero) is 1. The summed E-state index contributed by atoms with van der Waals surface area (Å²) in [6, 6.07) is 7.88. The van der Waals surface area contributed by atoms with E-state index in [1.807, 2.05) is 24.3 Å². The molecule has 1 aliphatic carbocycles. The molecule has 1 aromatic carbocycles. The number of hydrogen-bond donors (Lipinski definition) is 0. The van der Waals surface area contributed by atoms with Crippen LogP contribution in [0, 0.1) is 0 Å². The van der Waals surface area contributed by atoms with E-state index >= 15 is 0 Å². The van der Waals surface area contributed by atoms with Gasteiger partial charge in [-0.05, 0) is 37.1 Å². The van der Waals surface area contributed by atoms with Crippen LogP contribution in [0.1, 0.15) is 19.3 Å². The van der Waals surface area contributed by atoms with E-state index in [4.69, 9.17) is 4.74 Å². The van der Waals surface area contributed by atoms with Crippen LogP contribution in [0.2, 0.25) is 0 Å². The molecule has 1 fully saturated rings. The van der Waals surface area contributed by atoms with Crippen LogP contribution >= 0.6 is 11.8 Å². The largest absolute Gasteiger partial charge is 0.497 e. The molecule has 0 bridgehead atoms. The smallest absolute Gasteiger partial charge is 0.146 e. The molecule has 1 aliphatic rings. The van der Waals surface area contributed by atoms with E-state index < -0.39 is 0 Å². The molecular weight excluding hydrogens is 208 g/mol.